The summed E-state index contributed by atoms with van der Waals surface area (Å²) in [6.45, 7) is 9.37. The monoisotopic (exact) mass is 305 g/mol. The van der Waals surface area contributed by atoms with E-state index in [1.807, 2.05) is 58.9 Å². The molecular formula is C18H27NO3. The molecule has 2 N–H and O–H groups in total. The molecule has 0 saturated heterocycles. The van der Waals surface area contributed by atoms with Gasteiger partial charge in [-0.1, -0.05) is 24.3 Å². The zero-order chi connectivity index (χ0) is 17.0. The third-order valence-corrected chi connectivity index (χ3v) is 3.25. The standard InChI is InChI=1S/C18H27NO3/c1-17(2,3)22-16(21)18(4,5)12-14-8-6-7-13(11-14)9-10-15(19)20/h6-8,11H,9-10,12H2,1-5H3,(H2,19,20). The highest BCUT2D eigenvalue weighted by Gasteiger charge is 2.32. The lowest BCUT2D eigenvalue weighted by Gasteiger charge is -2.28. The third-order valence-electron chi connectivity index (χ3n) is 3.25. The first-order chi connectivity index (χ1) is 9.99. The van der Waals surface area contributed by atoms with Gasteiger partial charge in [0.2, 0.25) is 5.91 Å². The maximum atomic E-state index is 12.3. The summed E-state index contributed by atoms with van der Waals surface area (Å²) in [6.07, 6.45) is 1.54. The summed E-state index contributed by atoms with van der Waals surface area (Å²) >= 11 is 0. The molecule has 4 nitrogen and oxygen atoms in total. The number of ether oxygens (including phenoxy) is 1. The average molecular weight is 305 g/mol. The van der Waals surface area contributed by atoms with Crippen LogP contribution in [0.4, 0.5) is 0 Å². The van der Waals surface area contributed by atoms with E-state index >= 15 is 0 Å². The molecule has 1 aromatic rings. The predicted molar refractivity (Wildman–Crippen MR) is 87.3 cm³/mol. The Bertz CT molecular complexity index is 542. The highest BCUT2D eigenvalue weighted by atomic mass is 16.6. The van der Waals surface area contributed by atoms with Gasteiger partial charge >= 0.3 is 5.97 Å². The highest BCUT2D eigenvalue weighted by molar-refractivity contribution is 5.76. The number of primary amides is 1. The summed E-state index contributed by atoms with van der Waals surface area (Å²) in [5.74, 6) is -0.512. The molecule has 0 unspecified atom stereocenters. The van der Waals surface area contributed by atoms with Crippen molar-refractivity contribution < 1.29 is 14.3 Å². The quantitative estimate of drug-likeness (QED) is 0.821. The first-order valence-electron chi connectivity index (χ1n) is 7.59. The van der Waals surface area contributed by atoms with Crippen LogP contribution in [0.5, 0.6) is 0 Å². The fraction of sp³-hybridized carbons (Fsp3) is 0.556. The second kappa shape index (κ2) is 6.95. The van der Waals surface area contributed by atoms with E-state index < -0.39 is 11.0 Å². The Morgan fingerprint density at radius 2 is 1.68 bits per heavy atom. The summed E-state index contributed by atoms with van der Waals surface area (Å²) in [5, 5.41) is 0. The molecule has 1 rings (SSSR count). The van der Waals surface area contributed by atoms with E-state index in [0.717, 1.165) is 11.1 Å². The molecule has 0 saturated carbocycles. The minimum atomic E-state index is -0.602. The van der Waals surface area contributed by atoms with Gasteiger partial charge in [-0.25, -0.2) is 0 Å². The molecule has 0 bridgehead atoms. The lowest BCUT2D eigenvalue weighted by atomic mass is 9.85. The van der Waals surface area contributed by atoms with Crippen molar-refractivity contribution >= 4 is 11.9 Å². The van der Waals surface area contributed by atoms with E-state index in [1.54, 1.807) is 0 Å². The fourth-order valence-electron chi connectivity index (χ4n) is 2.16. The van der Waals surface area contributed by atoms with Crippen molar-refractivity contribution in [3.05, 3.63) is 35.4 Å². The Morgan fingerprint density at radius 1 is 1.09 bits per heavy atom. The first-order valence-corrected chi connectivity index (χ1v) is 7.59. The Hall–Kier alpha value is -1.84. The fourth-order valence-corrected chi connectivity index (χ4v) is 2.16. The molecular weight excluding hydrogens is 278 g/mol. The van der Waals surface area contributed by atoms with E-state index in [2.05, 4.69) is 0 Å². The molecule has 0 atom stereocenters. The van der Waals surface area contributed by atoms with Crippen LogP contribution in [0.1, 0.15) is 52.2 Å². The zero-order valence-corrected chi connectivity index (χ0v) is 14.2. The second-order valence-electron chi connectivity index (χ2n) is 7.35. The van der Waals surface area contributed by atoms with Crippen molar-refractivity contribution in [1.82, 2.24) is 0 Å². The van der Waals surface area contributed by atoms with Gasteiger partial charge < -0.3 is 10.5 Å². The summed E-state index contributed by atoms with van der Waals surface area (Å²) in [4.78, 5) is 23.2. The number of hydrogen-bond acceptors (Lipinski definition) is 3. The van der Waals surface area contributed by atoms with Gasteiger partial charge in [0.1, 0.15) is 5.60 Å². The number of carbonyl (C=O) groups is 2. The normalized spacial score (nSPS) is 12.0. The molecule has 0 aliphatic rings. The van der Waals surface area contributed by atoms with Gasteiger partial charge in [0.05, 0.1) is 5.41 Å². The van der Waals surface area contributed by atoms with Gasteiger partial charge in [0.25, 0.3) is 0 Å². The number of hydrogen-bond donors (Lipinski definition) is 1. The summed E-state index contributed by atoms with van der Waals surface area (Å²) in [5.41, 5.74) is 6.19. The molecule has 22 heavy (non-hydrogen) atoms. The molecule has 122 valence electrons. The van der Waals surface area contributed by atoms with Crippen LogP contribution in [-0.4, -0.2) is 17.5 Å². The third kappa shape index (κ3) is 6.29. The molecule has 0 aliphatic carbocycles. The first kappa shape index (κ1) is 18.2. The number of benzene rings is 1. The minimum absolute atomic E-state index is 0.206. The van der Waals surface area contributed by atoms with Gasteiger partial charge in [-0.15, -0.1) is 0 Å². The van der Waals surface area contributed by atoms with E-state index in [0.29, 0.717) is 19.3 Å². The number of nitrogens with two attached hydrogens (primary N) is 1. The second-order valence-corrected chi connectivity index (χ2v) is 7.35. The van der Waals surface area contributed by atoms with E-state index in [1.165, 1.54) is 0 Å². The van der Waals surface area contributed by atoms with Gasteiger partial charge in [0.15, 0.2) is 0 Å². The largest absolute Gasteiger partial charge is 0.460 e. The molecule has 0 fully saturated rings. The Morgan fingerprint density at radius 3 is 2.23 bits per heavy atom. The average Bonchev–Trinajstić information content (AvgIpc) is 2.34. The number of aryl methyl sites for hydroxylation is 1. The Labute approximate surface area is 133 Å². The van der Waals surface area contributed by atoms with Crippen molar-refractivity contribution in [2.24, 2.45) is 11.1 Å². The maximum Gasteiger partial charge on any atom is 0.312 e. The summed E-state index contributed by atoms with van der Waals surface area (Å²) in [7, 11) is 0. The van der Waals surface area contributed by atoms with Crippen LogP contribution in [0.25, 0.3) is 0 Å². The molecule has 1 amide bonds. The highest BCUT2D eigenvalue weighted by Crippen LogP contribution is 2.26. The topological polar surface area (TPSA) is 69.4 Å². The Balaban J connectivity index is 2.78. The number of carbonyl (C=O) groups excluding carboxylic acids is 2. The van der Waals surface area contributed by atoms with Crippen LogP contribution in [0.15, 0.2) is 24.3 Å². The molecule has 4 heteroatoms. The number of esters is 1. The van der Waals surface area contributed by atoms with E-state index in [4.69, 9.17) is 10.5 Å². The SMILES string of the molecule is CC(C)(C)OC(=O)C(C)(C)Cc1cccc(CCC(N)=O)c1. The van der Waals surface area contributed by atoms with Crippen LogP contribution in [0.3, 0.4) is 0 Å². The van der Waals surface area contributed by atoms with Crippen molar-refractivity contribution in [2.75, 3.05) is 0 Å². The van der Waals surface area contributed by atoms with Crippen molar-refractivity contribution in [1.29, 1.82) is 0 Å². The van der Waals surface area contributed by atoms with E-state index in [-0.39, 0.29) is 11.9 Å². The Kier molecular flexibility index (Phi) is 5.75. The lowest BCUT2D eigenvalue weighted by molar-refractivity contribution is -0.165. The van der Waals surface area contributed by atoms with Gasteiger partial charge in [-0.2, -0.15) is 0 Å². The van der Waals surface area contributed by atoms with Gasteiger partial charge in [-0.3, -0.25) is 9.59 Å². The number of amides is 1. The summed E-state index contributed by atoms with van der Waals surface area (Å²) < 4.78 is 5.48. The van der Waals surface area contributed by atoms with Crippen LogP contribution < -0.4 is 5.73 Å². The van der Waals surface area contributed by atoms with Gasteiger partial charge in [-0.05, 0) is 58.6 Å². The molecule has 0 aromatic heterocycles. The molecule has 0 radical (unpaired) electrons. The van der Waals surface area contributed by atoms with Crippen molar-refractivity contribution in [3.8, 4) is 0 Å². The molecule has 1 aromatic carbocycles. The number of rotatable bonds is 6. The summed E-state index contributed by atoms with van der Waals surface area (Å²) in [6, 6.07) is 7.92. The minimum Gasteiger partial charge on any atom is -0.460 e. The van der Waals surface area contributed by atoms with Gasteiger partial charge in [0, 0.05) is 6.42 Å². The molecule has 0 aliphatic heterocycles. The van der Waals surface area contributed by atoms with Crippen LogP contribution in [0.2, 0.25) is 0 Å². The van der Waals surface area contributed by atoms with E-state index in [9.17, 15) is 9.59 Å². The van der Waals surface area contributed by atoms with Crippen LogP contribution in [-0.2, 0) is 27.2 Å². The van der Waals surface area contributed by atoms with Crippen molar-refractivity contribution in [2.45, 2.75) is 59.5 Å². The lowest BCUT2D eigenvalue weighted by Crippen LogP contribution is -2.35. The predicted octanol–water partition coefficient (Wildman–Crippen LogP) is 3.01. The molecule has 0 spiro atoms. The maximum absolute atomic E-state index is 12.3. The zero-order valence-electron chi connectivity index (χ0n) is 14.2. The smallest absolute Gasteiger partial charge is 0.312 e. The van der Waals surface area contributed by atoms with Crippen molar-refractivity contribution in [3.63, 3.8) is 0 Å². The van der Waals surface area contributed by atoms with Crippen LogP contribution in [0, 0.1) is 5.41 Å². The van der Waals surface area contributed by atoms with Crippen LogP contribution >= 0.6 is 0 Å². The molecule has 0 heterocycles.